The van der Waals surface area contributed by atoms with Gasteiger partial charge in [0.25, 0.3) is 15.9 Å². The molecular weight excluding hydrogens is 316 g/mol. The van der Waals surface area contributed by atoms with Gasteiger partial charge in [0.1, 0.15) is 10.6 Å². The number of aromatic amines is 1. The second-order valence-electron chi connectivity index (χ2n) is 5.36. The molecule has 2 heterocycles. The molecule has 1 aromatic carbocycles. The molecule has 0 amide bonds. The van der Waals surface area contributed by atoms with Gasteiger partial charge in [-0.3, -0.25) is 4.72 Å². The molecule has 8 heteroatoms. The molecule has 0 radical (unpaired) electrons. The van der Waals surface area contributed by atoms with Crippen LogP contribution in [0.3, 0.4) is 0 Å². The predicted molar refractivity (Wildman–Crippen MR) is 85.5 cm³/mol. The molecule has 0 unspecified atom stereocenters. The van der Waals surface area contributed by atoms with Crippen LogP contribution >= 0.6 is 0 Å². The van der Waals surface area contributed by atoms with Gasteiger partial charge >= 0.3 is 0 Å². The van der Waals surface area contributed by atoms with E-state index in [4.69, 9.17) is 4.42 Å². The minimum absolute atomic E-state index is 0.0995. The van der Waals surface area contributed by atoms with Crippen LogP contribution in [0.25, 0.3) is 11.6 Å². The van der Waals surface area contributed by atoms with E-state index in [1.807, 2.05) is 19.9 Å². The fourth-order valence-corrected chi connectivity index (χ4v) is 3.34. The first-order valence-electron chi connectivity index (χ1n) is 6.93. The maximum Gasteiger partial charge on any atom is 0.264 e. The van der Waals surface area contributed by atoms with Gasteiger partial charge in [0.05, 0.1) is 0 Å². The van der Waals surface area contributed by atoms with Crippen LogP contribution in [-0.4, -0.2) is 23.6 Å². The van der Waals surface area contributed by atoms with Crippen molar-refractivity contribution in [1.29, 1.82) is 0 Å². The number of anilines is 1. The Morgan fingerprint density at radius 3 is 2.35 bits per heavy atom. The summed E-state index contributed by atoms with van der Waals surface area (Å²) in [7, 11) is -3.70. The summed E-state index contributed by atoms with van der Waals surface area (Å²) >= 11 is 0. The zero-order valence-electron chi connectivity index (χ0n) is 12.9. The first-order valence-corrected chi connectivity index (χ1v) is 8.42. The van der Waals surface area contributed by atoms with Crippen molar-refractivity contribution in [3.05, 3.63) is 47.5 Å². The van der Waals surface area contributed by atoms with E-state index >= 15 is 0 Å². The number of aromatic nitrogens is 3. The van der Waals surface area contributed by atoms with Crippen LogP contribution in [0.2, 0.25) is 0 Å². The Labute approximate surface area is 133 Å². The fraction of sp³-hybridized carbons (Fsp3) is 0.200. The molecule has 0 bridgehead atoms. The quantitative estimate of drug-likeness (QED) is 0.765. The van der Waals surface area contributed by atoms with Gasteiger partial charge in [0.2, 0.25) is 5.89 Å². The number of hydrogen-bond donors (Lipinski definition) is 2. The highest BCUT2D eigenvalue weighted by Crippen LogP contribution is 2.23. The number of aryl methyl sites for hydroxylation is 3. The SMILES string of the molecule is Cc1cc(C)cc(NS(=O)(=O)c2c[nH]c(-c3nnc(C)o3)c2)c1. The number of H-pyrrole nitrogens is 1. The third kappa shape index (κ3) is 3.26. The van der Waals surface area contributed by atoms with E-state index in [0.29, 0.717) is 17.3 Å². The Bertz CT molecular complexity index is 937. The molecule has 2 aromatic heterocycles. The van der Waals surface area contributed by atoms with Crippen molar-refractivity contribution in [2.24, 2.45) is 0 Å². The summed E-state index contributed by atoms with van der Waals surface area (Å²) in [5.74, 6) is 0.655. The zero-order chi connectivity index (χ0) is 16.6. The van der Waals surface area contributed by atoms with E-state index in [1.165, 1.54) is 12.3 Å². The van der Waals surface area contributed by atoms with E-state index in [0.717, 1.165) is 11.1 Å². The van der Waals surface area contributed by atoms with Crippen LogP contribution in [0, 0.1) is 20.8 Å². The second kappa shape index (κ2) is 5.54. The molecule has 120 valence electrons. The van der Waals surface area contributed by atoms with Gasteiger partial charge < -0.3 is 9.40 Å². The van der Waals surface area contributed by atoms with Crippen molar-refractivity contribution in [2.45, 2.75) is 25.7 Å². The smallest absolute Gasteiger partial charge is 0.264 e. The summed E-state index contributed by atoms with van der Waals surface area (Å²) < 4.78 is 32.8. The molecule has 0 atom stereocenters. The normalized spacial score (nSPS) is 11.6. The minimum Gasteiger partial charge on any atom is -0.420 e. The largest absolute Gasteiger partial charge is 0.420 e. The number of nitrogens with zero attached hydrogens (tertiary/aromatic N) is 2. The fourth-order valence-electron chi connectivity index (χ4n) is 2.31. The molecule has 0 fully saturated rings. The molecule has 0 spiro atoms. The van der Waals surface area contributed by atoms with E-state index in [-0.39, 0.29) is 10.8 Å². The Kier molecular flexibility index (Phi) is 3.69. The summed E-state index contributed by atoms with van der Waals surface area (Å²) in [6.45, 7) is 5.49. The van der Waals surface area contributed by atoms with Crippen molar-refractivity contribution < 1.29 is 12.8 Å². The van der Waals surface area contributed by atoms with E-state index in [1.54, 1.807) is 19.1 Å². The maximum absolute atomic E-state index is 12.5. The van der Waals surface area contributed by atoms with Gasteiger partial charge in [0.15, 0.2) is 0 Å². The van der Waals surface area contributed by atoms with Crippen LogP contribution in [0.1, 0.15) is 17.0 Å². The maximum atomic E-state index is 12.5. The van der Waals surface area contributed by atoms with Gasteiger partial charge in [-0.15, -0.1) is 10.2 Å². The van der Waals surface area contributed by atoms with Crippen molar-refractivity contribution in [3.8, 4) is 11.6 Å². The van der Waals surface area contributed by atoms with Crippen LogP contribution in [0.5, 0.6) is 0 Å². The third-order valence-corrected chi connectivity index (χ3v) is 4.56. The van der Waals surface area contributed by atoms with E-state index < -0.39 is 10.0 Å². The molecule has 3 aromatic rings. The molecule has 2 N–H and O–H groups in total. The predicted octanol–water partition coefficient (Wildman–Crippen LogP) is 2.79. The summed E-state index contributed by atoms with van der Waals surface area (Å²) in [4.78, 5) is 2.93. The molecule has 0 aliphatic rings. The Hall–Kier alpha value is -2.61. The number of benzene rings is 1. The lowest BCUT2D eigenvalue weighted by Gasteiger charge is -2.08. The third-order valence-electron chi connectivity index (χ3n) is 3.20. The molecule has 23 heavy (non-hydrogen) atoms. The first-order chi connectivity index (χ1) is 10.8. The summed E-state index contributed by atoms with van der Waals surface area (Å²) in [5.41, 5.74) is 2.95. The van der Waals surface area contributed by atoms with Gasteiger partial charge in [-0.1, -0.05) is 6.07 Å². The number of sulfonamides is 1. The van der Waals surface area contributed by atoms with Crippen LogP contribution in [0.4, 0.5) is 5.69 Å². The minimum atomic E-state index is -3.70. The molecular formula is C15H16N4O3S. The standard InChI is InChI=1S/C15H16N4O3S/c1-9-4-10(2)6-12(5-9)19-23(20,21)13-7-14(16-8-13)15-18-17-11(3)22-15/h4-8,16,19H,1-3H3. The molecule has 0 aliphatic heterocycles. The summed E-state index contributed by atoms with van der Waals surface area (Å²) in [5, 5.41) is 7.58. The average molecular weight is 332 g/mol. The van der Waals surface area contributed by atoms with Crippen molar-refractivity contribution in [1.82, 2.24) is 15.2 Å². The second-order valence-corrected chi connectivity index (χ2v) is 7.04. The first kappa shape index (κ1) is 15.3. The van der Waals surface area contributed by atoms with Crippen LogP contribution in [0.15, 0.2) is 39.8 Å². The topological polar surface area (TPSA) is 101 Å². The lowest BCUT2D eigenvalue weighted by molar-refractivity contribution is 0.531. The highest BCUT2D eigenvalue weighted by molar-refractivity contribution is 7.92. The molecule has 0 aliphatic carbocycles. The number of hydrogen-bond acceptors (Lipinski definition) is 5. The lowest BCUT2D eigenvalue weighted by atomic mass is 10.1. The van der Waals surface area contributed by atoms with Crippen LogP contribution < -0.4 is 4.72 Å². The zero-order valence-corrected chi connectivity index (χ0v) is 13.7. The lowest BCUT2D eigenvalue weighted by Crippen LogP contribution is -2.12. The Morgan fingerprint density at radius 2 is 1.74 bits per heavy atom. The monoisotopic (exact) mass is 332 g/mol. The van der Waals surface area contributed by atoms with E-state index in [9.17, 15) is 8.42 Å². The Balaban J connectivity index is 1.89. The van der Waals surface area contributed by atoms with Crippen LogP contribution in [-0.2, 0) is 10.0 Å². The van der Waals surface area contributed by atoms with Crippen molar-refractivity contribution >= 4 is 15.7 Å². The Morgan fingerprint density at radius 1 is 1.04 bits per heavy atom. The average Bonchev–Trinajstić information content (AvgIpc) is 3.05. The molecule has 3 rings (SSSR count). The van der Waals surface area contributed by atoms with E-state index in [2.05, 4.69) is 19.9 Å². The van der Waals surface area contributed by atoms with Gasteiger partial charge in [-0.2, -0.15) is 0 Å². The van der Waals surface area contributed by atoms with Crippen molar-refractivity contribution in [3.63, 3.8) is 0 Å². The highest BCUT2D eigenvalue weighted by atomic mass is 32.2. The van der Waals surface area contributed by atoms with Gasteiger partial charge in [0, 0.05) is 18.8 Å². The summed E-state index contributed by atoms with van der Waals surface area (Å²) in [6.07, 6.45) is 1.39. The molecule has 7 nitrogen and oxygen atoms in total. The molecule has 0 saturated carbocycles. The number of nitrogens with one attached hydrogen (secondary N) is 2. The van der Waals surface area contributed by atoms with Crippen molar-refractivity contribution in [2.75, 3.05) is 4.72 Å². The number of rotatable bonds is 4. The molecule has 0 saturated heterocycles. The van der Waals surface area contributed by atoms with Gasteiger partial charge in [-0.05, 0) is 43.2 Å². The highest BCUT2D eigenvalue weighted by Gasteiger charge is 2.19. The van der Waals surface area contributed by atoms with Gasteiger partial charge in [-0.25, -0.2) is 8.42 Å². The summed E-state index contributed by atoms with van der Waals surface area (Å²) in [6, 6.07) is 6.99.